The molecule has 0 aliphatic heterocycles. The van der Waals surface area contributed by atoms with Crippen molar-refractivity contribution in [2.24, 2.45) is 0 Å². The van der Waals surface area contributed by atoms with Crippen molar-refractivity contribution in [3.05, 3.63) is 97.1 Å². The summed E-state index contributed by atoms with van der Waals surface area (Å²) in [5.74, 6) is 0. The summed E-state index contributed by atoms with van der Waals surface area (Å²) in [4.78, 5) is 0. The number of hydrogen-bond acceptors (Lipinski definition) is 2. The maximum Gasteiger partial charge on any atom is 0.137 e. The third-order valence-corrected chi connectivity index (χ3v) is 5.42. The predicted molar refractivity (Wildman–Crippen MR) is 118 cm³/mol. The molecule has 28 heavy (non-hydrogen) atoms. The lowest BCUT2D eigenvalue weighted by Crippen LogP contribution is -1.92. The fourth-order valence-electron chi connectivity index (χ4n) is 4.10. The van der Waals surface area contributed by atoms with Crippen molar-refractivity contribution in [2.75, 3.05) is 5.32 Å². The molecule has 1 heterocycles. The van der Waals surface area contributed by atoms with Gasteiger partial charge in [-0.15, -0.1) is 0 Å². The van der Waals surface area contributed by atoms with Crippen molar-refractivity contribution >= 4 is 54.9 Å². The summed E-state index contributed by atoms with van der Waals surface area (Å²) in [6, 6.07) is 33.7. The van der Waals surface area contributed by atoms with Gasteiger partial charge in [0.25, 0.3) is 0 Å². The summed E-state index contributed by atoms with van der Waals surface area (Å²) in [6.07, 6.45) is 0. The Morgan fingerprint density at radius 2 is 1.18 bits per heavy atom. The number of fused-ring (bicyclic) bond motifs is 5. The highest BCUT2D eigenvalue weighted by atomic mass is 16.3. The first kappa shape index (κ1) is 15.3. The van der Waals surface area contributed by atoms with Crippen LogP contribution in [0, 0.1) is 0 Å². The summed E-state index contributed by atoms with van der Waals surface area (Å²) in [5, 5.41) is 10.8. The van der Waals surface area contributed by atoms with Crippen molar-refractivity contribution in [1.82, 2.24) is 0 Å². The monoisotopic (exact) mass is 359 g/mol. The standard InChI is InChI=1S/C26H17NO/c1-2-9-19-16-25-21(15-18(19)8-1)26-23(13-6-14-24(26)28-25)27-22-12-5-10-17-7-3-4-11-20(17)22/h1-16,27H. The average molecular weight is 359 g/mol. The van der Waals surface area contributed by atoms with Crippen molar-refractivity contribution in [1.29, 1.82) is 0 Å². The molecule has 132 valence electrons. The highest BCUT2D eigenvalue weighted by molar-refractivity contribution is 6.15. The average Bonchev–Trinajstić information content (AvgIpc) is 3.10. The fraction of sp³-hybridized carbons (Fsp3) is 0. The molecule has 0 aliphatic rings. The van der Waals surface area contributed by atoms with Crippen LogP contribution < -0.4 is 5.32 Å². The summed E-state index contributed by atoms with van der Waals surface area (Å²) in [5.41, 5.74) is 3.97. The molecule has 5 aromatic carbocycles. The lowest BCUT2D eigenvalue weighted by molar-refractivity contribution is 0.669. The Kier molecular flexibility index (Phi) is 3.20. The first-order valence-corrected chi connectivity index (χ1v) is 9.46. The minimum Gasteiger partial charge on any atom is -0.456 e. The number of nitrogens with one attached hydrogen (secondary N) is 1. The Hall–Kier alpha value is -3.78. The number of hydrogen-bond donors (Lipinski definition) is 1. The van der Waals surface area contributed by atoms with Crippen molar-refractivity contribution in [3.63, 3.8) is 0 Å². The molecular weight excluding hydrogens is 342 g/mol. The summed E-state index contributed by atoms with van der Waals surface area (Å²) in [7, 11) is 0. The highest BCUT2D eigenvalue weighted by Gasteiger charge is 2.13. The van der Waals surface area contributed by atoms with Crippen molar-refractivity contribution < 1.29 is 4.42 Å². The van der Waals surface area contributed by atoms with E-state index in [0.29, 0.717) is 0 Å². The molecule has 0 fully saturated rings. The molecule has 2 nitrogen and oxygen atoms in total. The van der Waals surface area contributed by atoms with Crippen LogP contribution in [0.3, 0.4) is 0 Å². The Labute approximate surface area is 162 Å². The first-order valence-electron chi connectivity index (χ1n) is 9.46. The Bertz CT molecular complexity index is 1490. The van der Waals surface area contributed by atoms with E-state index in [0.717, 1.165) is 33.3 Å². The smallest absolute Gasteiger partial charge is 0.137 e. The van der Waals surface area contributed by atoms with Gasteiger partial charge in [-0.05, 0) is 46.5 Å². The van der Waals surface area contributed by atoms with Gasteiger partial charge in [-0.1, -0.05) is 66.7 Å². The zero-order valence-corrected chi connectivity index (χ0v) is 15.1. The van der Waals surface area contributed by atoms with Gasteiger partial charge in [0.15, 0.2) is 0 Å². The predicted octanol–water partition coefficient (Wildman–Crippen LogP) is 7.64. The fourth-order valence-corrected chi connectivity index (χ4v) is 4.10. The van der Waals surface area contributed by atoms with Crippen LogP contribution in [-0.4, -0.2) is 0 Å². The number of anilines is 2. The molecular formula is C26H17NO. The minimum atomic E-state index is 0.899. The van der Waals surface area contributed by atoms with Gasteiger partial charge in [0, 0.05) is 16.5 Å². The Balaban J connectivity index is 1.61. The van der Waals surface area contributed by atoms with E-state index in [9.17, 15) is 0 Å². The molecule has 0 saturated heterocycles. The van der Waals surface area contributed by atoms with Crippen LogP contribution in [0.25, 0.3) is 43.5 Å². The van der Waals surface area contributed by atoms with E-state index in [1.165, 1.54) is 21.5 Å². The zero-order chi connectivity index (χ0) is 18.5. The second-order valence-corrected chi connectivity index (χ2v) is 7.13. The zero-order valence-electron chi connectivity index (χ0n) is 15.1. The molecule has 6 rings (SSSR count). The largest absolute Gasteiger partial charge is 0.456 e. The number of benzene rings is 5. The molecule has 0 radical (unpaired) electrons. The molecule has 0 saturated carbocycles. The molecule has 0 unspecified atom stereocenters. The second kappa shape index (κ2) is 5.86. The molecule has 1 aromatic heterocycles. The Morgan fingerprint density at radius 1 is 0.500 bits per heavy atom. The van der Waals surface area contributed by atoms with Crippen LogP contribution in [0.4, 0.5) is 11.4 Å². The van der Waals surface area contributed by atoms with Gasteiger partial charge in [-0.3, -0.25) is 0 Å². The van der Waals surface area contributed by atoms with Crippen LogP contribution in [-0.2, 0) is 0 Å². The van der Waals surface area contributed by atoms with Gasteiger partial charge in [-0.2, -0.15) is 0 Å². The quantitative estimate of drug-likeness (QED) is 0.344. The van der Waals surface area contributed by atoms with E-state index in [4.69, 9.17) is 4.42 Å². The third kappa shape index (κ3) is 2.28. The molecule has 0 amide bonds. The molecule has 1 N–H and O–H groups in total. The lowest BCUT2D eigenvalue weighted by Gasteiger charge is -2.11. The summed E-state index contributed by atoms with van der Waals surface area (Å²) < 4.78 is 6.19. The second-order valence-electron chi connectivity index (χ2n) is 7.13. The van der Waals surface area contributed by atoms with Gasteiger partial charge < -0.3 is 9.73 Å². The van der Waals surface area contributed by atoms with E-state index in [1.807, 2.05) is 12.1 Å². The Morgan fingerprint density at radius 3 is 2.07 bits per heavy atom. The molecule has 6 aromatic rings. The summed E-state index contributed by atoms with van der Waals surface area (Å²) in [6.45, 7) is 0. The van der Waals surface area contributed by atoms with Gasteiger partial charge >= 0.3 is 0 Å². The van der Waals surface area contributed by atoms with Gasteiger partial charge in [0.1, 0.15) is 11.2 Å². The molecule has 0 aliphatic carbocycles. The van der Waals surface area contributed by atoms with Crippen molar-refractivity contribution in [2.45, 2.75) is 0 Å². The first-order chi connectivity index (χ1) is 13.9. The van der Waals surface area contributed by atoms with Crippen LogP contribution in [0.15, 0.2) is 101 Å². The molecule has 0 spiro atoms. The highest BCUT2D eigenvalue weighted by Crippen LogP contribution is 2.38. The van der Waals surface area contributed by atoms with E-state index in [2.05, 4.69) is 90.2 Å². The molecule has 0 atom stereocenters. The molecule has 0 bridgehead atoms. The van der Waals surface area contributed by atoms with E-state index in [1.54, 1.807) is 0 Å². The lowest BCUT2D eigenvalue weighted by atomic mass is 10.0. The number of rotatable bonds is 2. The topological polar surface area (TPSA) is 25.2 Å². The third-order valence-electron chi connectivity index (χ3n) is 5.42. The van der Waals surface area contributed by atoms with E-state index < -0.39 is 0 Å². The van der Waals surface area contributed by atoms with Crippen LogP contribution in [0.5, 0.6) is 0 Å². The molecule has 2 heteroatoms. The van der Waals surface area contributed by atoms with Crippen LogP contribution in [0.2, 0.25) is 0 Å². The maximum atomic E-state index is 6.19. The van der Waals surface area contributed by atoms with E-state index >= 15 is 0 Å². The summed E-state index contributed by atoms with van der Waals surface area (Å²) >= 11 is 0. The van der Waals surface area contributed by atoms with Gasteiger partial charge in [0.05, 0.1) is 11.1 Å². The van der Waals surface area contributed by atoms with Gasteiger partial charge in [0.2, 0.25) is 0 Å². The van der Waals surface area contributed by atoms with Crippen molar-refractivity contribution in [3.8, 4) is 0 Å². The SMILES string of the molecule is c1ccc2cc3c(cc2c1)oc1cccc(Nc2cccc4ccccc24)c13. The van der Waals surface area contributed by atoms with Crippen LogP contribution >= 0.6 is 0 Å². The minimum absolute atomic E-state index is 0.899. The number of furan rings is 1. The normalized spacial score (nSPS) is 11.6. The van der Waals surface area contributed by atoms with Gasteiger partial charge in [-0.25, -0.2) is 0 Å². The maximum absolute atomic E-state index is 6.19. The van der Waals surface area contributed by atoms with E-state index in [-0.39, 0.29) is 0 Å². The van der Waals surface area contributed by atoms with Crippen LogP contribution in [0.1, 0.15) is 0 Å².